The summed E-state index contributed by atoms with van der Waals surface area (Å²) < 4.78 is 2.89. The zero-order valence-electron chi connectivity index (χ0n) is 20.0. The lowest BCUT2D eigenvalue weighted by molar-refractivity contribution is -0.884. The van der Waals surface area contributed by atoms with Crippen molar-refractivity contribution in [2.45, 2.75) is 19.6 Å². The summed E-state index contributed by atoms with van der Waals surface area (Å²) in [4.78, 5) is 13.2. The summed E-state index contributed by atoms with van der Waals surface area (Å²) in [5.41, 5.74) is 11.3. The number of amidine groups is 1. The molecular formula is C28H32N5O+. The first-order chi connectivity index (χ1) is 16.2. The lowest BCUT2D eigenvalue weighted by atomic mass is 10.1. The summed E-state index contributed by atoms with van der Waals surface area (Å²) >= 11 is 0. The molecule has 4 rings (SSSR count). The van der Waals surface area contributed by atoms with Crippen molar-refractivity contribution in [2.24, 2.45) is 5.73 Å². The summed E-state index contributed by atoms with van der Waals surface area (Å²) in [6.07, 6.45) is 0. The molecule has 6 heteroatoms. The third-order valence-electron chi connectivity index (χ3n) is 5.75. The van der Waals surface area contributed by atoms with E-state index in [2.05, 4.69) is 50.7 Å². The number of nitrogen functional groups attached to an aromatic ring is 1. The lowest BCUT2D eigenvalue weighted by Crippen LogP contribution is -2.33. The van der Waals surface area contributed by atoms with E-state index in [9.17, 15) is 4.79 Å². The van der Waals surface area contributed by atoms with E-state index in [4.69, 9.17) is 11.1 Å². The normalized spacial score (nSPS) is 11.5. The van der Waals surface area contributed by atoms with E-state index in [0.29, 0.717) is 24.3 Å². The van der Waals surface area contributed by atoms with Crippen molar-refractivity contribution in [3.63, 3.8) is 0 Å². The van der Waals surface area contributed by atoms with Gasteiger partial charge in [-0.15, -0.1) is 0 Å². The molecule has 3 aromatic carbocycles. The molecule has 6 nitrogen and oxygen atoms in total. The number of rotatable bonds is 8. The minimum atomic E-state index is -0.116. The smallest absolute Gasteiger partial charge is 0.268 e. The molecule has 4 N–H and O–H groups in total. The third kappa shape index (κ3) is 5.53. The number of para-hydroxylation sites is 1. The number of nitrogens with two attached hydrogens (primary N) is 1. The molecule has 4 aromatic rings. The van der Waals surface area contributed by atoms with Gasteiger partial charge in [0.25, 0.3) is 5.91 Å². The Kier molecular flexibility index (Phi) is 6.52. The maximum Gasteiger partial charge on any atom is 0.268 e. The Labute approximate surface area is 200 Å². The van der Waals surface area contributed by atoms with Crippen LogP contribution in [-0.4, -0.2) is 41.9 Å². The molecule has 174 valence electrons. The van der Waals surface area contributed by atoms with E-state index in [1.165, 1.54) is 5.56 Å². The summed E-state index contributed by atoms with van der Waals surface area (Å²) in [6, 6.07) is 25.9. The van der Waals surface area contributed by atoms with Gasteiger partial charge in [0.05, 0.1) is 21.1 Å². The van der Waals surface area contributed by atoms with Crippen molar-refractivity contribution in [2.75, 3.05) is 21.1 Å². The highest BCUT2D eigenvalue weighted by atomic mass is 16.1. The average molecular weight is 455 g/mol. The van der Waals surface area contributed by atoms with E-state index in [-0.39, 0.29) is 11.7 Å². The van der Waals surface area contributed by atoms with Gasteiger partial charge in [-0.1, -0.05) is 60.7 Å². The highest BCUT2D eigenvalue weighted by Crippen LogP contribution is 2.22. The summed E-state index contributed by atoms with van der Waals surface area (Å²) in [5, 5.41) is 11.8. The number of nitrogens with one attached hydrogen (secondary N) is 2. The number of benzene rings is 3. The van der Waals surface area contributed by atoms with E-state index in [1.54, 1.807) is 0 Å². The quantitative estimate of drug-likeness (QED) is 0.213. The second kappa shape index (κ2) is 9.53. The maximum absolute atomic E-state index is 13.2. The van der Waals surface area contributed by atoms with E-state index >= 15 is 0 Å². The number of hydrogen-bond acceptors (Lipinski definition) is 2. The number of hydrogen-bond donors (Lipinski definition) is 3. The first kappa shape index (κ1) is 23.3. The number of amides is 1. The van der Waals surface area contributed by atoms with Crippen molar-refractivity contribution in [1.29, 1.82) is 5.41 Å². The van der Waals surface area contributed by atoms with Crippen molar-refractivity contribution in [3.05, 3.63) is 107 Å². The number of fused-ring (bicyclic) bond motifs is 1. The maximum atomic E-state index is 13.2. The lowest BCUT2D eigenvalue weighted by Gasteiger charge is -2.23. The third-order valence-corrected chi connectivity index (χ3v) is 5.75. The largest absolute Gasteiger partial charge is 0.384 e. The van der Waals surface area contributed by atoms with E-state index in [1.807, 2.05) is 59.2 Å². The molecule has 0 aliphatic heterocycles. The summed E-state index contributed by atoms with van der Waals surface area (Å²) in [5.74, 6) is -0.0843. The number of quaternary nitrogens is 1. The van der Waals surface area contributed by atoms with Gasteiger partial charge < -0.3 is 20.1 Å². The van der Waals surface area contributed by atoms with Crippen LogP contribution in [0.3, 0.4) is 0 Å². The molecule has 0 bridgehead atoms. The van der Waals surface area contributed by atoms with Gasteiger partial charge in [0, 0.05) is 35.1 Å². The van der Waals surface area contributed by atoms with Crippen LogP contribution in [0.1, 0.15) is 32.7 Å². The van der Waals surface area contributed by atoms with E-state index in [0.717, 1.165) is 33.1 Å². The van der Waals surface area contributed by atoms with Crippen LogP contribution in [0.5, 0.6) is 0 Å². The molecule has 0 fully saturated rings. The van der Waals surface area contributed by atoms with Crippen LogP contribution >= 0.6 is 0 Å². The van der Waals surface area contributed by atoms with Crippen molar-refractivity contribution < 1.29 is 9.28 Å². The van der Waals surface area contributed by atoms with Crippen LogP contribution in [0.25, 0.3) is 10.9 Å². The van der Waals surface area contributed by atoms with Crippen molar-refractivity contribution in [1.82, 2.24) is 9.88 Å². The minimum absolute atomic E-state index is 0.0321. The Morgan fingerprint density at radius 1 is 0.912 bits per heavy atom. The van der Waals surface area contributed by atoms with Gasteiger partial charge in [0.2, 0.25) is 0 Å². The van der Waals surface area contributed by atoms with Crippen LogP contribution in [0.4, 0.5) is 0 Å². The van der Waals surface area contributed by atoms with E-state index < -0.39 is 0 Å². The Bertz CT molecular complexity index is 1330. The first-order valence-electron chi connectivity index (χ1n) is 11.4. The SMILES string of the molecule is C[N+](C)(C)Cc1ccc(CNC(=O)c2cc3ccccc3n2Cc2cccc(C(=N)N)c2)cc1. The molecule has 0 spiro atoms. The Morgan fingerprint density at radius 2 is 1.62 bits per heavy atom. The van der Waals surface area contributed by atoms with Gasteiger partial charge in [-0.3, -0.25) is 10.2 Å². The fourth-order valence-corrected chi connectivity index (χ4v) is 4.17. The van der Waals surface area contributed by atoms with Gasteiger partial charge in [-0.05, 0) is 29.3 Å². The molecule has 0 aliphatic carbocycles. The molecule has 0 atom stereocenters. The van der Waals surface area contributed by atoms with Gasteiger partial charge in [-0.2, -0.15) is 0 Å². The fourth-order valence-electron chi connectivity index (χ4n) is 4.17. The molecule has 1 heterocycles. The molecule has 0 radical (unpaired) electrons. The highest BCUT2D eigenvalue weighted by Gasteiger charge is 2.16. The van der Waals surface area contributed by atoms with Crippen LogP contribution in [0, 0.1) is 5.41 Å². The molecule has 0 saturated heterocycles. The summed E-state index contributed by atoms with van der Waals surface area (Å²) in [7, 11) is 6.51. The molecule has 0 saturated carbocycles. The van der Waals surface area contributed by atoms with Gasteiger partial charge in [0.1, 0.15) is 18.1 Å². The van der Waals surface area contributed by atoms with Gasteiger partial charge in [-0.25, -0.2) is 0 Å². The van der Waals surface area contributed by atoms with Crippen molar-refractivity contribution >= 4 is 22.6 Å². The van der Waals surface area contributed by atoms with Crippen LogP contribution in [-0.2, 0) is 19.6 Å². The molecule has 1 aromatic heterocycles. The minimum Gasteiger partial charge on any atom is -0.384 e. The molecule has 1 amide bonds. The molecule has 0 aliphatic rings. The standard InChI is InChI=1S/C28H31N5O/c1-33(2,3)19-21-13-11-20(12-14-21)17-31-28(34)26-16-23-8-4-5-10-25(23)32(26)18-22-7-6-9-24(15-22)27(29)30/h4-16H,17-19H2,1-3H3,(H3-,29,30,31,34)/p+1. The van der Waals surface area contributed by atoms with Crippen LogP contribution < -0.4 is 11.1 Å². The molecular weight excluding hydrogens is 422 g/mol. The molecule has 34 heavy (non-hydrogen) atoms. The number of aromatic nitrogens is 1. The van der Waals surface area contributed by atoms with Crippen molar-refractivity contribution in [3.8, 4) is 0 Å². The topological polar surface area (TPSA) is 83.9 Å². The fraction of sp³-hybridized carbons (Fsp3) is 0.214. The Morgan fingerprint density at radius 3 is 2.32 bits per heavy atom. The van der Waals surface area contributed by atoms with Crippen LogP contribution in [0.2, 0.25) is 0 Å². The predicted octanol–water partition coefficient (Wildman–Crippen LogP) is 4.11. The van der Waals surface area contributed by atoms with Gasteiger partial charge in [0.15, 0.2) is 0 Å². The Hall–Kier alpha value is -3.90. The second-order valence-corrected chi connectivity index (χ2v) is 9.74. The number of carbonyl (C=O) groups is 1. The summed E-state index contributed by atoms with van der Waals surface area (Å²) in [6.45, 7) is 1.93. The van der Waals surface area contributed by atoms with Gasteiger partial charge >= 0.3 is 0 Å². The first-order valence-corrected chi connectivity index (χ1v) is 11.4. The zero-order chi connectivity index (χ0) is 24.3. The number of nitrogens with zero attached hydrogens (tertiary/aromatic N) is 2. The highest BCUT2D eigenvalue weighted by molar-refractivity contribution is 5.99. The predicted molar refractivity (Wildman–Crippen MR) is 138 cm³/mol. The van der Waals surface area contributed by atoms with Crippen LogP contribution in [0.15, 0.2) is 78.9 Å². The number of carbonyl (C=O) groups excluding carboxylic acids is 1. The second-order valence-electron chi connectivity index (χ2n) is 9.74. The monoisotopic (exact) mass is 454 g/mol. The Balaban J connectivity index is 1.55. The zero-order valence-corrected chi connectivity index (χ0v) is 20.0. The average Bonchev–Trinajstić information content (AvgIpc) is 3.16. The molecule has 0 unspecified atom stereocenters.